The Bertz CT molecular complexity index is 377. The average molecular weight is 308 g/mol. The molecule has 2 amide bonds. The first-order valence-electron chi connectivity index (χ1n) is 8.70. The van der Waals surface area contributed by atoms with Gasteiger partial charge in [-0.25, -0.2) is 4.79 Å². The molecule has 0 spiro atoms. The number of nitrogens with zero attached hydrogens (tertiary/aromatic N) is 1. The zero-order valence-corrected chi connectivity index (χ0v) is 13.3. The van der Waals surface area contributed by atoms with Crippen LogP contribution in [-0.2, 0) is 9.47 Å². The Morgan fingerprint density at radius 2 is 1.86 bits per heavy atom. The maximum absolute atomic E-state index is 12.2. The van der Waals surface area contributed by atoms with Gasteiger partial charge >= 0.3 is 6.03 Å². The Morgan fingerprint density at radius 1 is 1.18 bits per heavy atom. The number of ether oxygens (including phenoxy) is 2. The van der Waals surface area contributed by atoms with Crippen LogP contribution in [0.5, 0.6) is 0 Å². The highest BCUT2D eigenvalue weighted by Gasteiger charge is 2.34. The lowest BCUT2D eigenvalue weighted by Gasteiger charge is -2.22. The molecule has 5 nitrogen and oxygen atoms in total. The van der Waals surface area contributed by atoms with Gasteiger partial charge in [-0.15, -0.1) is 0 Å². The molecule has 0 aromatic carbocycles. The van der Waals surface area contributed by atoms with Crippen LogP contribution in [0.25, 0.3) is 0 Å². The molecule has 5 heteroatoms. The van der Waals surface area contributed by atoms with E-state index < -0.39 is 0 Å². The predicted octanol–water partition coefficient (Wildman–Crippen LogP) is 2.18. The number of likely N-dealkylation sites (tertiary alicyclic amines) is 1. The number of hydrogen-bond acceptors (Lipinski definition) is 3. The zero-order valence-electron chi connectivity index (χ0n) is 13.3. The van der Waals surface area contributed by atoms with Crippen molar-refractivity contribution in [3.8, 4) is 0 Å². The van der Waals surface area contributed by atoms with Crippen molar-refractivity contribution in [2.75, 3.05) is 39.5 Å². The van der Waals surface area contributed by atoms with Crippen molar-refractivity contribution in [3.63, 3.8) is 0 Å². The first-order chi connectivity index (χ1) is 10.8. The van der Waals surface area contributed by atoms with Gasteiger partial charge in [-0.05, 0) is 43.9 Å². The minimum Gasteiger partial charge on any atom is -0.381 e. The van der Waals surface area contributed by atoms with Gasteiger partial charge in [0, 0.05) is 39.5 Å². The summed E-state index contributed by atoms with van der Waals surface area (Å²) in [5.41, 5.74) is 0. The molecule has 0 radical (unpaired) electrons. The topological polar surface area (TPSA) is 50.8 Å². The summed E-state index contributed by atoms with van der Waals surface area (Å²) in [6, 6.07) is 0.0977. The second-order valence-corrected chi connectivity index (χ2v) is 6.64. The number of nitrogens with one attached hydrogen (secondary N) is 1. The third-order valence-corrected chi connectivity index (χ3v) is 5.03. The number of rotatable bonds is 5. The Balaban J connectivity index is 1.27. The number of carbonyl (C=O) groups is 1. The van der Waals surface area contributed by atoms with Crippen molar-refractivity contribution in [2.45, 2.75) is 38.2 Å². The quantitative estimate of drug-likeness (QED) is 0.625. The molecule has 2 fully saturated rings. The lowest BCUT2D eigenvalue weighted by atomic mass is 9.86. The van der Waals surface area contributed by atoms with E-state index in [1.54, 1.807) is 0 Å². The van der Waals surface area contributed by atoms with Gasteiger partial charge in [0.25, 0.3) is 0 Å². The normalized spacial score (nSPS) is 28.6. The molecule has 2 saturated heterocycles. The number of amides is 2. The summed E-state index contributed by atoms with van der Waals surface area (Å²) in [6.45, 7) is 4.88. The van der Waals surface area contributed by atoms with Crippen LogP contribution in [0.1, 0.15) is 32.1 Å². The van der Waals surface area contributed by atoms with Gasteiger partial charge in [-0.2, -0.15) is 0 Å². The molecule has 2 atom stereocenters. The Kier molecular flexibility index (Phi) is 5.73. The highest BCUT2D eigenvalue weighted by Crippen LogP contribution is 2.32. The molecule has 1 N–H and O–H groups in total. The van der Waals surface area contributed by atoms with E-state index in [0.717, 1.165) is 65.0 Å². The van der Waals surface area contributed by atoms with Crippen LogP contribution in [0.15, 0.2) is 12.2 Å². The molecule has 0 bridgehead atoms. The van der Waals surface area contributed by atoms with E-state index in [4.69, 9.17) is 9.47 Å². The van der Waals surface area contributed by atoms with E-state index in [2.05, 4.69) is 17.5 Å². The summed E-state index contributed by atoms with van der Waals surface area (Å²) in [7, 11) is 0. The SMILES string of the molecule is O=C(NCCCOC1CCOCC1)N1C[C@H]2CC=CC[C@@H]2C1. The van der Waals surface area contributed by atoms with Crippen LogP contribution in [-0.4, -0.2) is 56.5 Å². The van der Waals surface area contributed by atoms with Gasteiger partial charge in [0.05, 0.1) is 6.10 Å². The van der Waals surface area contributed by atoms with Gasteiger partial charge in [-0.3, -0.25) is 0 Å². The van der Waals surface area contributed by atoms with Gasteiger partial charge in [0.1, 0.15) is 0 Å². The van der Waals surface area contributed by atoms with Gasteiger partial charge < -0.3 is 19.7 Å². The number of carbonyl (C=O) groups excluding carboxylic acids is 1. The van der Waals surface area contributed by atoms with E-state index in [1.807, 2.05) is 4.90 Å². The molecule has 124 valence electrons. The van der Waals surface area contributed by atoms with Crippen LogP contribution < -0.4 is 5.32 Å². The van der Waals surface area contributed by atoms with E-state index in [9.17, 15) is 4.79 Å². The molecule has 2 heterocycles. The summed E-state index contributed by atoms with van der Waals surface area (Å²) in [4.78, 5) is 14.2. The van der Waals surface area contributed by atoms with Gasteiger partial charge in [0.15, 0.2) is 0 Å². The fraction of sp³-hybridized carbons (Fsp3) is 0.824. The van der Waals surface area contributed by atoms with Gasteiger partial charge in [0.2, 0.25) is 0 Å². The van der Waals surface area contributed by atoms with Crippen LogP contribution in [0.3, 0.4) is 0 Å². The first kappa shape index (κ1) is 15.8. The molecule has 22 heavy (non-hydrogen) atoms. The Hall–Kier alpha value is -1.07. The van der Waals surface area contributed by atoms with E-state index in [1.165, 1.54) is 0 Å². The minimum absolute atomic E-state index is 0.0977. The molecular formula is C17H28N2O3. The van der Waals surface area contributed by atoms with Crippen LogP contribution >= 0.6 is 0 Å². The van der Waals surface area contributed by atoms with Crippen molar-refractivity contribution in [2.24, 2.45) is 11.8 Å². The standard InChI is InChI=1S/C17H28N2O3/c20-17(19-12-14-4-1-2-5-15(14)13-19)18-8-3-9-22-16-6-10-21-11-7-16/h1-2,14-16H,3-13H2,(H,18,20)/t14-,15-/m1/s1. The largest absolute Gasteiger partial charge is 0.381 e. The maximum Gasteiger partial charge on any atom is 0.317 e. The molecule has 0 aromatic heterocycles. The number of fused-ring (bicyclic) bond motifs is 1. The number of hydrogen-bond donors (Lipinski definition) is 1. The molecule has 0 unspecified atom stereocenters. The fourth-order valence-electron chi connectivity index (χ4n) is 3.65. The third kappa shape index (κ3) is 4.23. The molecule has 0 aromatic rings. The maximum atomic E-state index is 12.2. The van der Waals surface area contributed by atoms with Crippen LogP contribution in [0.4, 0.5) is 4.79 Å². The molecule has 0 saturated carbocycles. The van der Waals surface area contributed by atoms with Gasteiger partial charge in [-0.1, -0.05) is 12.2 Å². The second-order valence-electron chi connectivity index (χ2n) is 6.64. The van der Waals surface area contributed by atoms with Crippen molar-refractivity contribution >= 4 is 6.03 Å². The monoisotopic (exact) mass is 308 g/mol. The summed E-state index contributed by atoms with van der Waals surface area (Å²) in [5.74, 6) is 1.35. The summed E-state index contributed by atoms with van der Waals surface area (Å²) in [6.07, 6.45) is 10.0. The fourth-order valence-corrected chi connectivity index (χ4v) is 3.65. The molecule has 1 aliphatic carbocycles. The van der Waals surface area contributed by atoms with E-state index in [-0.39, 0.29) is 6.03 Å². The molecular weight excluding hydrogens is 280 g/mol. The third-order valence-electron chi connectivity index (χ3n) is 5.03. The Labute approximate surface area is 133 Å². The van der Waals surface area contributed by atoms with Crippen molar-refractivity contribution < 1.29 is 14.3 Å². The highest BCUT2D eigenvalue weighted by atomic mass is 16.5. The molecule has 2 aliphatic heterocycles. The van der Waals surface area contributed by atoms with Crippen LogP contribution in [0, 0.1) is 11.8 Å². The number of allylic oxidation sites excluding steroid dienone is 2. The van der Waals surface area contributed by atoms with E-state index in [0.29, 0.717) is 24.5 Å². The highest BCUT2D eigenvalue weighted by molar-refractivity contribution is 5.74. The molecule has 3 aliphatic rings. The molecule has 3 rings (SSSR count). The van der Waals surface area contributed by atoms with Crippen LogP contribution in [0.2, 0.25) is 0 Å². The average Bonchev–Trinajstić information content (AvgIpc) is 2.99. The summed E-state index contributed by atoms with van der Waals surface area (Å²) >= 11 is 0. The summed E-state index contributed by atoms with van der Waals surface area (Å²) < 4.78 is 11.1. The number of urea groups is 1. The van der Waals surface area contributed by atoms with Crippen molar-refractivity contribution in [1.82, 2.24) is 10.2 Å². The van der Waals surface area contributed by atoms with E-state index >= 15 is 0 Å². The minimum atomic E-state index is 0.0977. The Morgan fingerprint density at radius 3 is 2.55 bits per heavy atom. The summed E-state index contributed by atoms with van der Waals surface area (Å²) in [5, 5.41) is 3.03. The lowest BCUT2D eigenvalue weighted by Crippen LogP contribution is -2.39. The first-order valence-corrected chi connectivity index (χ1v) is 8.70. The zero-order chi connectivity index (χ0) is 15.2. The van der Waals surface area contributed by atoms with Crippen molar-refractivity contribution in [3.05, 3.63) is 12.2 Å². The van der Waals surface area contributed by atoms with Crippen molar-refractivity contribution in [1.29, 1.82) is 0 Å². The lowest BCUT2D eigenvalue weighted by molar-refractivity contribution is -0.0320. The smallest absolute Gasteiger partial charge is 0.317 e. The second kappa shape index (κ2) is 7.97. The predicted molar refractivity (Wildman–Crippen MR) is 84.7 cm³/mol.